The van der Waals surface area contributed by atoms with Crippen LogP contribution >= 0.6 is 0 Å². The number of β-amino-alcohol motifs (C(OH)–C–C–N with tert-alkyl or cyclic N) is 1. The molecule has 3 atom stereocenters. The monoisotopic (exact) mass is 340 g/mol. The van der Waals surface area contributed by atoms with Gasteiger partial charge in [0.25, 0.3) is 0 Å². The third-order valence-corrected chi connectivity index (χ3v) is 5.50. The van der Waals surface area contributed by atoms with Crippen LogP contribution in [0.5, 0.6) is 0 Å². The van der Waals surface area contributed by atoms with Gasteiger partial charge in [0, 0.05) is 19.2 Å². The Hall–Kier alpha value is -0.990. The lowest BCUT2D eigenvalue weighted by atomic mass is 9.72. The highest BCUT2D eigenvalue weighted by Crippen LogP contribution is 2.45. The molecule has 3 unspecified atom stereocenters. The Kier molecular flexibility index (Phi) is 5.71. The average molecular weight is 340 g/mol. The molecule has 24 heavy (non-hydrogen) atoms. The van der Waals surface area contributed by atoms with Gasteiger partial charge in [0.1, 0.15) is 6.17 Å². The largest absolute Gasteiger partial charge is 0.412 e. The van der Waals surface area contributed by atoms with Crippen molar-refractivity contribution in [2.75, 3.05) is 26.3 Å². The van der Waals surface area contributed by atoms with E-state index in [0.717, 1.165) is 37.2 Å². The number of piperidine rings is 1. The topological polar surface area (TPSA) is 115 Å². The summed E-state index contributed by atoms with van der Waals surface area (Å²) in [6, 6.07) is 0.302. The van der Waals surface area contributed by atoms with Crippen molar-refractivity contribution in [2.45, 2.75) is 63.4 Å². The Balaban J connectivity index is 0.00000208. The molecule has 7 heteroatoms. The smallest absolute Gasteiger partial charge is 0.132 e. The lowest BCUT2D eigenvalue weighted by Gasteiger charge is -2.52. The van der Waals surface area contributed by atoms with Crippen LogP contribution < -0.4 is 11.1 Å². The average Bonchev–Trinajstić information content (AvgIpc) is 2.84. The van der Waals surface area contributed by atoms with E-state index in [4.69, 9.17) is 15.5 Å². The Morgan fingerprint density at radius 1 is 1.54 bits per heavy atom. The molecule has 1 spiro atoms. The molecule has 0 aromatic rings. The zero-order valence-corrected chi connectivity index (χ0v) is 15.0. The summed E-state index contributed by atoms with van der Waals surface area (Å²) >= 11 is 0. The van der Waals surface area contributed by atoms with Crippen LogP contribution in [0.3, 0.4) is 0 Å². The number of aliphatic imine (C=N–C) groups is 1. The van der Waals surface area contributed by atoms with Crippen LogP contribution in [-0.4, -0.2) is 70.8 Å². The lowest BCUT2D eigenvalue weighted by molar-refractivity contribution is -0.0918. The lowest BCUT2D eigenvalue weighted by Crippen LogP contribution is -2.70. The minimum absolute atomic E-state index is 0. The number of aliphatic hydroxyl groups excluding tert-OH is 1. The summed E-state index contributed by atoms with van der Waals surface area (Å²) in [5.74, 6) is 0. The van der Waals surface area contributed by atoms with Crippen molar-refractivity contribution >= 4 is 5.71 Å². The molecule has 6 N–H and O–H groups in total. The zero-order valence-electron chi connectivity index (χ0n) is 15.0. The van der Waals surface area contributed by atoms with E-state index >= 15 is 0 Å². The van der Waals surface area contributed by atoms with Gasteiger partial charge in [0.15, 0.2) is 0 Å². The third kappa shape index (κ3) is 2.78. The molecule has 1 saturated heterocycles. The number of nitrogens with zero attached hydrogens (tertiary/aromatic N) is 2. The molecule has 0 aromatic heterocycles. The van der Waals surface area contributed by atoms with Gasteiger partial charge in [-0.15, -0.1) is 0 Å². The molecule has 138 valence electrons. The van der Waals surface area contributed by atoms with E-state index in [1.165, 1.54) is 0 Å². The van der Waals surface area contributed by atoms with Crippen LogP contribution in [0.25, 0.3) is 0 Å². The van der Waals surface area contributed by atoms with E-state index in [1.807, 2.05) is 6.92 Å². The van der Waals surface area contributed by atoms with Crippen molar-refractivity contribution in [1.82, 2.24) is 10.2 Å². The molecule has 0 saturated carbocycles. The van der Waals surface area contributed by atoms with Gasteiger partial charge in [-0.1, -0.05) is 6.08 Å². The summed E-state index contributed by atoms with van der Waals surface area (Å²) in [7, 11) is 0. The predicted molar refractivity (Wildman–Crippen MR) is 95.0 cm³/mol. The van der Waals surface area contributed by atoms with E-state index in [9.17, 15) is 5.11 Å². The molecule has 2 heterocycles. The van der Waals surface area contributed by atoms with E-state index in [2.05, 4.69) is 30.1 Å². The number of aliphatic hydroxyl groups is 1. The van der Waals surface area contributed by atoms with Crippen molar-refractivity contribution in [1.29, 1.82) is 0 Å². The SMILES string of the molecule is CCOC(C)(C)C1N=C2C(N)=CCC3NCCCC23N1CCO.O. The van der Waals surface area contributed by atoms with Crippen LogP contribution in [0.4, 0.5) is 0 Å². The van der Waals surface area contributed by atoms with Crippen LogP contribution in [0.15, 0.2) is 16.8 Å². The van der Waals surface area contributed by atoms with Gasteiger partial charge < -0.3 is 26.4 Å². The Bertz CT molecular complexity index is 520. The van der Waals surface area contributed by atoms with Crippen molar-refractivity contribution in [3.8, 4) is 0 Å². The number of nitrogens with two attached hydrogens (primary N) is 1. The third-order valence-electron chi connectivity index (χ3n) is 5.50. The predicted octanol–water partition coefficient (Wildman–Crippen LogP) is -0.211. The minimum atomic E-state index is -0.425. The summed E-state index contributed by atoms with van der Waals surface area (Å²) in [5.41, 5.74) is 7.48. The van der Waals surface area contributed by atoms with Gasteiger partial charge in [-0.2, -0.15) is 0 Å². The number of hydrogen-bond acceptors (Lipinski definition) is 6. The number of rotatable bonds is 5. The van der Waals surface area contributed by atoms with E-state index in [0.29, 0.717) is 19.2 Å². The summed E-state index contributed by atoms with van der Waals surface area (Å²) in [6.45, 7) is 8.52. The van der Waals surface area contributed by atoms with Crippen LogP contribution in [-0.2, 0) is 4.74 Å². The molecule has 0 radical (unpaired) electrons. The van der Waals surface area contributed by atoms with Gasteiger partial charge in [-0.3, -0.25) is 9.89 Å². The van der Waals surface area contributed by atoms with E-state index < -0.39 is 5.60 Å². The summed E-state index contributed by atoms with van der Waals surface area (Å²) in [6.07, 6.45) is 4.99. The molecular formula is C17H32N4O3. The second-order valence-electron chi connectivity index (χ2n) is 7.23. The summed E-state index contributed by atoms with van der Waals surface area (Å²) in [4.78, 5) is 7.37. The second-order valence-corrected chi connectivity index (χ2v) is 7.23. The minimum Gasteiger partial charge on any atom is -0.412 e. The highest BCUT2D eigenvalue weighted by molar-refractivity contribution is 6.09. The van der Waals surface area contributed by atoms with Gasteiger partial charge in [0.2, 0.25) is 0 Å². The first kappa shape index (κ1) is 19.3. The van der Waals surface area contributed by atoms with E-state index in [-0.39, 0.29) is 23.8 Å². The Morgan fingerprint density at radius 2 is 2.29 bits per heavy atom. The molecule has 7 nitrogen and oxygen atoms in total. The van der Waals surface area contributed by atoms with Crippen molar-refractivity contribution in [3.05, 3.63) is 11.8 Å². The molecule has 3 rings (SSSR count). The van der Waals surface area contributed by atoms with Gasteiger partial charge in [-0.25, -0.2) is 0 Å². The fourth-order valence-electron chi connectivity index (χ4n) is 4.61. The molecule has 3 aliphatic rings. The van der Waals surface area contributed by atoms with Crippen LogP contribution in [0, 0.1) is 0 Å². The van der Waals surface area contributed by atoms with Gasteiger partial charge in [0.05, 0.1) is 29.2 Å². The van der Waals surface area contributed by atoms with Crippen molar-refractivity contribution in [2.24, 2.45) is 10.7 Å². The highest BCUT2D eigenvalue weighted by Gasteiger charge is 2.59. The van der Waals surface area contributed by atoms with Crippen molar-refractivity contribution < 1.29 is 15.3 Å². The standard InChI is InChI=1S/C17H30N4O2.H2O/c1-4-23-16(2,3)15-20-14-12(18)6-7-13-17(14,8-5-9-19-13)21(15)10-11-22;/h6,13,15,19,22H,4-5,7-11,18H2,1-3H3;1H2. The quantitative estimate of drug-likeness (QED) is 0.640. The first-order chi connectivity index (χ1) is 11.0. The molecular weight excluding hydrogens is 308 g/mol. The molecule has 0 aromatic carbocycles. The number of ether oxygens (including phenoxy) is 1. The summed E-state index contributed by atoms with van der Waals surface area (Å²) in [5, 5.41) is 13.3. The zero-order chi connectivity index (χ0) is 16.7. The highest BCUT2D eigenvalue weighted by atomic mass is 16.5. The van der Waals surface area contributed by atoms with Crippen molar-refractivity contribution in [3.63, 3.8) is 0 Å². The maximum absolute atomic E-state index is 9.68. The van der Waals surface area contributed by atoms with Gasteiger partial charge in [-0.05, 0) is 46.6 Å². The van der Waals surface area contributed by atoms with Crippen LogP contribution in [0.2, 0.25) is 0 Å². The number of nitrogens with one attached hydrogen (secondary N) is 1. The second kappa shape index (κ2) is 7.09. The summed E-state index contributed by atoms with van der Waals surface area (Å²) < 4.78 is 6.00. The Labute approximate surface area is 144 Å². The molecule has 1 aliphatic carbocycles. The first-order valence-corrected chi connectivity index (χ1v) is 8.76. The fourth-order valence-corrected chi connectivity index (χ4v) is 4.61. The molecule has 2 aliphatic heterocycles. The first-order valence-electron chi connectivity index (χ1n) is 8.76. The van der Waals surface area contributed by atoms with E-state index in [1.54, 1.807) is 0 Å². The Morgan fingerprint density at radius 3 is 2.96 bits per heavy atom. The number of hydrogen-bond donors (Lipinski definition) is 3. The van der Waals surface area contributed by atoms with Gasteiger partial charge >= 0.3 is 0 Å². The molecule has 1 fully saturated rings. The fraction of sp³-hybridized carbons (Fsp3) is 0.824. The molecule has 0 amide bonds. The normalized spacial score (nSPS) is 33.2. The molecule has 0 bridgehead atoms. The maximum atomic E-state index is 9.68. The van der Waals surface area contributed by atoms with Crippen LogP contribution in [0.1, 0.15) is 40.0 Å². The maximum Gasteiger partial charge on any atom is 0.132 e.